The van der Waals surface area contributed by atoms with Crippen molar-refractivity contribution in [3.63, 3.8) is 0 Å². The van der Waals surface area contributed by atoms with Gasteiger partial charge in [-0.25, -0.2) is 18.2 Å². The molecule has 2 aromatic carbocycles. The highest BCUT2D eigenvalue weighted by Gasteiger charge is 2.23. The number of hydrogen-bond donors (Lipinski definition) is 0. The van der Waals surface area contributed by atoms with Gasteiger partial charge in [0.1, 0.15) is 17.0 Å². The molecule has 0 aliphatic heterocycles. The Morgan fingerprint density at radius 3 is 2.42 bits per heavy atom. The van der Waals surface area contributed by atoms with Crippen molar-refractivity contribution in [3.8, 4) is 17.0 Å². The number of carbonyl (C=O) groups is 1. The average molecular weight is 352 g/mol. The molecule has 0 radical (unpaired) electrons. The molecule has 0 fully saturated rings. The lowest BCUT2D eigenvalue weighted by molar-refractivity contribution is 0.107. The van der Waals surface area contributed by atoms with Crippen LogP contribution < -0.4 is 4.74 Å². The third kappa shape index (κ3) is 2.49. The van der Waals surface area contributed by atoms with Crippen LogP contribution in [0, 0.1) is 17.5 Å². The van der Waals surface area contributed by atoms with Crippen LogP contribution in [0.5, 0.6) is 5.75 Å². The van der Waals surface area contributed by atoms with Crippen molar-refractivity contribution in [2.24, 2.45) is 0 Å². The first-order valence-corrected chi connectivity index (χ1v) is 7.14. The van der Waals surface area contributed by atoms with E-state index < -0.39 is 34.0 Å². The number of nitrogens with zero attached hydrogens (tertiary/aromatic N) is 1. The maximum atomic E-state index is 14.7. The van der Waals surface area contributed by atoms with E-state index in [9.17, 15) is 18.0 Å². The highest BCUT2D eigenvalue weighted by atomic mass is 35.5. The molecule has 3 nitrogen and oxygen atoms in total. The van der Waals surface area contributed by atoms with Crippen LogP contribution in [-0.2, 0) is 0 Å². The molecule has 0 aliphatic rings. The highest BCUT2D eigenvalue weighted by molar-refractivity contribution is 6.67. The Balaban J connectivity index is 2.44. The number of carbonyl (C=O) groups excluding carboxylic acids is 1. The quantitative estimate of drug-likeness (QED) is 0.642. The van der Waals surface area contributed by atoms with Gasteiger partial charge in [-0.1, -0.05) is 12.1 Å². The number of ether oxygens (including phenoxy) is 1. The van der Waals surface area contributed by atoms with E-state index in [1.54, 1.807) is 0 Å². The molecule has 3 rings (SSSR count). The lowest BCUT2D eigenvalue weighted by Crippen LogP contribution is -2.03. The van der Waals surface area contributed by atoms with Gasteiger partial charge in [-0.3, -0.25) is 4.79 Å². The van der Waals surface area contributed by atoms with Crippen molar-refractivity contribution in [3.05, 3.63) is 59.4 Å². The fourth-order valence-corrected chi connectivity index (χ4v) is 2.57. The molecule has 0 atom stereocenters. The van der Waals surface area contributed by atoms with E-state index in [4.69, 9.17) is 16.3 Å². The Hall–Kier alpha value is -2.60. The molecule has 3 aromatic rings. The van der Waals surface area contributed by atoms with Crippen molar-refractivity contribution in [1.82, 2.24) is 4.98 Å². The average Bonchev–Trinajstić information content (AvgIpc) is 2.55. The largest absolute Gasteiger partial charge is 0.493 e. The molecule has 24 heavy (non-hydrogen) atoms. The van der Waals surface area contributed by atoms with Crippen LogP contribution >= 0.6 is 11.6 Å². The topological polar surface area (TPSA) is 39.2 Å². The van der Waals surface area contributed by atoms with Crippen molar-refractivity contribution in [2.75, 3.05) is 7.11 Å². The normalized spacial score (nSPS) is 10.9. The van der Waals surface area contributed by atoms with Crippen LogP contribution in [0.15, 0.2) is 36.4 Å². The summed E-state index contributed by atoms with van der Waals surface area (Å²) in [5.41, 5.74) is -1.32. The number of pyridine rings is 1. The number of aromatic nitrogens is 1. The fraction of sp³-hybridized carbons (Fsp3) is 0.0588. The van der Waals surface area contributed by atoms with Gasteiger partial charge < -0.3 is 4.74 Å². The standard InChI is InChI=1S/C17H9ClF3NO2/c1-24-16-10-7-6-9(17(18)23)12(20)15(10)22-14(13(16)21)8-4-2-3-5-11(8)19/h2-7H,1H3. The maximum Gasteiger partial charge on any atom is 0.255 e. The molecule has 122 valence electrons. The molecule has 1 aromatic heterocycles. The monoisotopic (exact) mass is 351 g/mol. The van der Waals surface area contributed by atoms with Gasteiger partial charge in [-0.2, -0.15) is 0 Å². The molecule has 0 bridgehead atoms. The number of rotatable bonds is 3. The molecule has 0 unspecified atom stereocenters. The van der Waals surface area contributed by atoms with Gasteiger partial charge in [0, 0.05) is 10.9 Å². The van der Waals surface area contributed by atoms with Crippen LogP contribution in [0.25, 0.3) is 22.2 Å². The van der Waals surface area contributed by atoms with Gasteiger partial charge in [0.25, 0.3) is 5.24 Å². The molecule has 0 spiro atoms. The molecule has 0 saturated heterocycles. The second-order valence-electron chi connectivity index (χ2n) is 4.88. The lowest BCUT2D eigenvalue weighted by Gasteiger charge is -2.12. The summed E-state index contributed by atoms with van der Waals surface area (Å²) in [5, 5.41) is -1.01. The Kier molecular flexibility index (Phi) is 4.15. The van der Waals surface area contributed by atoms with E-state index in [1.165, 1.54) is 31.4 Å². The van der Waals surface area contributed by atoms with Crippen LogP contribution in [0.2, 0.25) is 0 Å². The Morgan fingerprint density at radius 2 is 1.79 bits per heavy atom. The summed E-state index contributed by atoms with van der Waals surface area (Å²) >= 11 is 5.32. The predicted octanol–water partition coefficient (Wildman–Crippen LogP) is 4.71. The maximum absolute atomic E-state index is 14.7. The Morgan fingerprint density at radius 1 is 1.08 bits per heavy atom. The van der Waals surface area contributed by atoms with E-state index in [2.05, 4.69) is 4.98 Å². The first-order chi connectivity index (χ1) is 11.5. The fourth-order valence-electron chi connectivity index (χ4n) is 2.43. The van der Waals surface area contributed by atoms with Gasteiger partial charge in [-0.05, 0) is 35.9 Å². The highest BCUT2D eigenvalue weighted by Crippen LogP contribution is 2.36. The number of hydrogen-bond acceptors (Lipinski definition) is 3. The second kappa shape index (κ2) is 6.13. The summed E-state index contributed by atoms with van der Waals surface area (Å²) in [6.07, 6.45) is 0. The van der Waals surface area contributed by atoms with Gasteiger partial charge >= 0.3 is 0 Å². The zero-order chi connectivity index (χ0) is 17.4. The third-order valence-corrected chi connectivity index (χ3v) is 3.74. The molecule has 0 aliphatic carbocycles. The molecule has 0 saturated carbocycles. The first kappa shape index (κ1) is 16.3. The smallest absolute Gasteiger partial charge is 0.255 e. The number of fused-ring (bicyclic) bond motifs is 1. The van der Waals surface area contributed by atoms with Gasteiger partial charge in [-0.15, -0.1) is 0 Å². The molecule has 0 N–H and O–H groups in total. The van der Waals surface area contributed by atoms with E-state index >= 15 is 0 Å². The zero-order valence-electron chi connectivity index (χ0n) is 12.2. The van der Waals surface area contributed by atoms with Crippen molar-refractivity contribution >= 4 is 27.7 Å². The minimum Gasteiger partial charge on any atom is -0.493 e. The molecular formula is C17H9ClF3NO2. The minimum atomic E-state index is -1.02. The van der Waals surface area contributed by atoms with Crippen molar-refractivity contribution < 1.29 is 22.7 Å². The van der Waals surface area contributed by atoms with Crippen LogP contribution in [0.4, 0.5) is 13.2 Å². The molecule has 7 heteroatoms. The van der Waals surface area contributed by atoms with Crippen molar-refractivity contribution in [2.45, 2.75) is 0 Å². The van der Waals surface area contributed by atoms with Gasteiger partial charge in [0.05, 0.1) is 12.7 Å². The van der Waals surface area contributed by atoms with Crippen LogP contribution in [0.1, 0.15) is 10.4 Å². The summed E-state index contributed by atoms with van der Waals surface area (Å²) in [6, 6.07) is 7.74. The third-order valence-electron chi connectivity index (χ3n) is 3.54. The lowest BCUT2D eigenvalue weighted by atomic mass is 10.1. The van der Waals surface area contributed by atoms with Crippen LogP contribution in [-0.4, -0.2) is 17.3 Å². The van der Waals surface area contributed by atoms with Gasteiger partial charge in [0.15, 0.2) is 17.4 Å². The Labute approximate surface area is 139 Å². The van der Waals surface area contributed by atoms with Gasteiger partial charge in [0.2, 0.25) is 0 Å². The number of methoxy groups -OCH3 is 1. The molecule has 0 amide bonds. The van der Waals surface area contributed by atoms with E-state index in [0.29, 0.717) is 0 Å². The van der Waals surface area contributed by atoms with E-state index in [1.807, 2.05) is 0 Å². The summed E-state index contributed by atoms with van der Waals surface area (Å²) in [7, 11) is 1.20. The number of benzene rings is 2. The first-order valence-electron chi connectivity index (χ1n) is 6.76. The summed E-state index contributed by atoms with van der Waals surface area (Å²) in [6.45, 7) is 0. The summed E-state index contributed by atoms with van der Waals surface area (Å²) in [5.74, 6) is -2.98. The second-order valence-corrected chi connectivity index (χ2v) is 5.23. The predicted molar refractivity (Wildman–Crippen MR) is 83.8 cm³/mol. The van der Waals surface area contributed by atoms with E-state index in [0.717, 1.165) is 12.1 Å². The molecular weight excluding hydrogens is 343 g/mol. The molecule has 1 heterocycles. The minimum absolute atomic E-state index is 0.00857. The van der Waals surface area contributed by atoms with Crippen LogP contribution in [0.3, 0.4) is 0 Å². The summed E-state index contributed by atoms with van der Waals surface area (Å²) in [4.78, 5) is 15.1. The zero-order valence-corrected chi connectivity index (χ0v) is 13.0. The number of halogens is 4. The summed E-state index contributed by atoms with van der Waals surface area (Å²) < 4.78 is 48.2. The Bertz CT molecular complexity index is 976. The SMILES string of the molecule is COc1c(F)c(-c2ccccc2F)nc2c(F)c(C(=O)Cl)ccc12. The van der Waals surface area contributed by atoms with Crippen molar-refractivity contribution in [1.29, 1.82) is 0 Å². The van der Waals surface area contributed by atoms with E-state index in [-0.39, 0.29) is 22.2 Å².